The highest BCUT2D eigenvalue weighted by Crippen LogP contribution is 2.46. The van der Waals surface area contributed by atoms with Gasteiger partial charge in [-0.15, -0.1) is 0 Å². The minimum absolute atomic E-state index is 0.334. The van der Waals surface area contributed by atoms with E-state index in [-0.39, 0.29) is 0 Å². The van der Waals surface area contributed by atoms with E-state index < -0.39 is 6.80 Å². The van der Waals surface area contributed by atoms with Crippen LogP contribution in [0.25, 0.3) is 0 Å². The van der Waals surface area contributed by atoms with Gasteiger partial charge in [0.05, 0.1) is 6.61 Å². The number of thiol groups is 1. The van der Waals surface area contributed by atoms with Gasteiger partial charge in [-0.3, -0.25) is 0 Å². The number of rotatable bonds is 7. The van der Waals surface area contributed by atoms with Gasteiger partial charge in [0, 0.05) is 0 Å². The Hall–Kier alpha value is 0.500. The van der Waals surface area contributed by atoms with Gasteiger partial charge >= 0.3 is 6.80 Å². The van der Waals surface area contributed by atoms with Crippen LogP contribution in [-0.4, -0.2) is 11.5 Å². The van der Waals surface area contributed by atoms with E-state index in [4.69, 9.17) is 4.89 Å². The van der Waals surface area contributed by atoms with E-state index in [1.807, 2.05) is 0 Å². The summed E-state index contributed by atoms with van der Waals surface area (Å²) in [6.45, 7) is -1.05. The van der Waals surface area contributed by atoms with Crippen molar-refractivity contribution in [3.05, 3.63) is 0 Å². The van der Waals surface area contributed by atoms with Crippen LogP contribution in [0, 0.1) is 0 Å². The lowest BCUT2D eigenvalue weighted by Gasteiger charge is -2.04. The van der Waals surface area contributed by atoms with Gasteiger partial charge in [0.15, 0.2) is 0 Å². The second kappa shape index (κ2) is 6.96. The highest BCUT2D eigenvalue weighted by molar-refractivity contribution is 8.44. The quantitative estimate of drug-likeness (QED) is 0.387. The van der Waals surface area contributed by atoms with E-state index >= 15 is 0 Å². The highest BCUT2D eigenvalue weighted by Gasteiger charge is 2.09. The third-order valence-electron chi connectivity index (χ3n) is 1.51. The summed E-state index contributed by atoms with van der Waals surface area (Å²) in [6, 6.07) is 0. The summed E-state index contributed by atoms with van der Waals surface area (Å²) in [5.41, 5.74) is 0. The van der Waals surface area contributed by atoms with Gasteiger partial charge in [-0.1, -0.05) is 44.9 Å². The van der Waals surface area contributed by atoms with Crippen molar-refractivity contribution in [2.45, 2.75) is 39.0 Å². The lowest BCUT2D eigenvalue weighted by Crippen LogP contribution is -1.89. The molecule has 5 heteroatoms. The Bertz CT molecular complexity index is 146. The second-order valence-corrected chi connectivity index (χ2v) is 5.49. The molecule has 12 heavy (non-hydrogen) atoms. The molecule has 0 aromatic heterocycles. The van der Waals surface area contributed by atoms with Gasteiger partial charge in [0.1, 0.15) is 0 Å². The van der Waals surface area contributed by atoms with Gasteiger partial charge in [-0.25, -0.2) is 4.57 Å². The maximum Gasteiger partial charge on any atom is 0.383 e. The Morgan fingerprint density at radius 1 is 1.33 bits per heavy atom. The monoisotopic (exact) mass is 212 g/mol. The second-order valence-electron chi connectivity index (χ2n) is 2.74. The third kappa shape index (κ3) is 10.5. The van der Waals surface area contributed by atoms with Crippen LogP contribution in [0.1, 0.15) is 39.0 Å². The molecule has 0 fully saturated rings. The zero-order valence-electron chi connectivity index (χ0n) is 7.40. The molecule has 0 aliphatic rings. The summed E-state index contributed by atoms with van der Waals surface area (Å²) in [6.07, 6.45) is 5.48. The topological polar surface area (TPSA) is 46.5 Å². The SMILES string of the molecule is CCCCCCCOP(=O)(O)S. The fraction of sp³-hybridized carbons (Fsp3) is 1.00. The van der Waals surface area contributed by atoms with Crippen LogP contribution in [0.4, 0.5) is 0 Å². The average Bonchev–Trinajstić information content (AvgIpc) is 1.94. The van der Waals surface area contributed by atoms with E-state index in [1.165, 1.54) is 19.3 Å². The smallest absolute Gasteiger partial charge is 0.317 e. The molecule has 74 valence electrons. The molecule has 0 saturated heterocycles. The molecule has 1 atom stereocenters. The Morgan fingerprint density at radius 3 is 2.42 bits per heavy atom. The van der Waals surface area contributed by atoms with Crippen LogP contribution < -0.4 is 0 Å². The molecule has 0 bridgehead atoms. The highest BCUT2D eigenvalue weighted by atomic mass is 32.7. The van der Waals surface area contributed by atoms with E-state index in [9.17, 15) is 4.57 Å². The molecule has 0 radical (unpaired) electrons. The van der Waals surface area contributed by atoms with Crippen LogP contribution in [0.5, 0.6) is 0 Å². The van der Waals surface area contributed by atoms with E-state index in [0.717, 1.165) is 12.8 Å². The molecule has 0 heterocycles. The van der Waals surface area contributed by atoms with Gasteiger partial charge in [0.2, 0.25) is 0 Å². The molecular weight excluding hydrogens is 195 g/mol. The molecule has 0 rings (SSSR count). The molecule has 0 aliphatic carbocycles. The largest absolute Gasteiger partial charge is 0.383 e. The van der Waals surface area contributed by atoms with Crippen molar-refractivity contribution in [3.63, 3.8) is 0 Å². The predicted molar refractivity (Wildman–Crippen MR) is 53.5 cm³/mol. The van der Waals surface area contributed by atoms with E-state index in [1.54, 1.807) is 0 Å². The molecule has 0 saturated carbocycles. The first kappa shape index (κ1) is 12.5. The molecule has 0 amide bonds. The van der Waals surface area contributed by atoms with Gasteiger partial charge in [-0.05, 0) is 6.42 Å². The van der Waals surface area contributed by atoms with Gasteiger partial charge < -0.3 is 9.42 Å². The maximum atomic E-state index is 10.5. The van der Waals surface area contributed by atoms with Crippen LogP contribution >= 0.6 is 19.0 Å². The van der Waals surface area contributed by atoms with E-state index in [2.05, 4.69) is 23.7 Å². The van der Waals surface area contributed by atoms with Crippen LogP contribution in [0.3, 0.4) is 0 Å². The van der Waals surface area contributed by atoms with Crippen LogP contribution in [0.15, 0.2) is 0 Å². The Morgan fingerprint density at radius 2 is 1.92 bits per heavy atom. The molecule has 0 aromatic rings. The minimum Gasteiger partial charge on any atom is -0.317 e. The minimum atomic E-state index is -3.53. The number of hydrogen-bond donors (Lipinski definition) is 2. The van der Waals surface area contributed by atoms with Crippen molar-refractivity contribution in [2.75, 3.05) is 6.61 Å². The van der Waals surface area contributed by atoms with Gasteiger partial charge in [-0.2, -0.15) is 0 Å². The summed E-state index contributed by atoms with van der Waals surface area (Å²) in [7, 11) is 0. The predicted octanol–water partition coefficient (Wildman–Crippen LogP) is 3.00. The maximum absolute atomic E-state index is 10.5. The van der Waals surface area contributed by atoms with Crippen molar-refractivity contribution in [1.82, 2.24) is 0 Å². The van der Waals surface area contributed by atoms with Crippen LogP contribution in [-0.2, 0) is 9.09 Å². The van der Waals surface area contributed by atoms with Crippen LogP contribution in [0.2, 0.25) is 0 Å². The van der Waals surface area contributed by atoms with Crippen molar-refractivity contribution < 1.29 is 14.0 Å². The first-order valence-corrected chi connectivity index (χ1v) is 6.99. The number of unbranched alkanes of at least 4 members (excludes halogenated alkanes) is 4. The van der Waals surface area contributed by atoms with Crippen molar-refractivity contribution in [3.8, 4) is 0 Å². The Balaban J connectivity index is 3.06. The van der Waals surface area contributed by atoms with Crippen molar-refractivity contribution >= 4 is 19.0 Å². The van der Waals surface area contributed by atoms with Crippen molar-refractivity contribution in [2.24, 2.45) is 0 Å². The summed E-state index contributed by atoms with van der Waals surface area (Å²) in [5.74, 6) is 0. The average molecular weight is 212 g/mol. The summed E-state index contributed by atoms with van der Waals surface area (Å²) in [4.78, 5) is 8.62. The Labute approximate surface area is 79.2 Å². The molecule has 1 N–H and O–H groups in total. The first-order valence-electron chi connectivity index (χ1n) is 4.26. The van der Waals surface area contributed by atoms with Gasteiger partial charge in [0.25, 0.3) is 0 Å². The fourth-order valence-corrected chi connectivity index (χ4v) is 1.50. The molecular formula is C7H17O3PS. The molecule has 0 spiro atoms. The molecule has 0 aromatic carbocycles. The first-order chi connectivity index (χ1) is 5.56. The summed E-state index contributed by atoms with van der Waals surface area (Å²) < 4.78 is 15.1. The molecule has 3 nitrogen and oxygen atoms in total. The number of hydrogen-bond acceptors (Lipinski definition) is 2. The normalized spacial score (nSPS) is 15.9. The lowest BCUT2D eigenvalue weighted by molar-refractivity contribution is 0.268. The summed E-state index contributed by atoms with van der Waals surface area (Å²) in [5, 5.41) is 0. The summed E-state index contributed by atoms with van der Waals surface area (Å²) >= 11 is 3.39. The molecule has 1 unspecified atom stereocenters. The van der Waals surface area contributed by atoms with Crippen molar-refractivity contribution in [1.29, 1.82) is 0 Å². The Kier molecular flexibility index (Phi) is 7.25. The lowest BCUT2D eigenvalue weighted by atomic mass is 10.2. The fourth-order valence-electron chi connectivity index (χ4n) is 0.889. The third-order valence-corrected chi connectivity index (χ3v) is 2.37. The van der Waals surface area contributed by atoms with E-state index in [0.29, 0.717) is 6.61 Å². The zero-order valence-corrected chi connectivity index (χ0v) is 9.19. The molecule has 0 aliphatic heterocycles. The standard InChI is InChI=1S/C7H17O3PS/c1-2-3-4-5-6-7-10-11(8,9)12/h2-7H2,1H3,(H2,8,9,12). The zero-order chi connectivity index (χ0) is 9.45.